The van der Waals surface area contributed by atoms with Crippen molar-refractivity contribution in [3.8, 4) is 5.75 Å². The van der Waals surface area contributed by atoms with Gasteiger partial charge in [-0.2, -0.15) is 0 Å². The number of hydrogen-bond donors (Lipinski definition) is 0. The highest BCUT2D eigenvalue weighted by molar-refractivity contribution is 9.10. The van der Waals surface area contributed by atoms with Crippen molar-refractivity contribution in [1.82, 2.24) is 0 Å². The zero-order valence-electron chi connectivity index (χ0n) is 8.63. The Balaban J connectivity index is 2.31. The topological polar surface area (TPSA) is 18.5 Å². The quantitative estimate of drug-likeness (QED) is 0.742. The van der Waals surface area contributed by atoms with Gasteiger partial charge in [0.2, 0.25) is 0 Å². The smallest absolute Gasteiger partial charge is 0.133 e. The number of methoxy groups -OCH3 is 1. The maximum Gasteiger partial charge on any atom is 0.133 e. The summed E-state index contributed by atoms with van der Waals surface area (Å²) >= 11 is 3.24. The molecule has 0 bridgehead atoms. The van der Waals surface area contributed by atoms with Gasteiger partial charge in [0.05, 0.1) is 11.1 Å². The molecule has 0 heterocycles. The summed E-state index contributed by atoms with van der Waals surface area (Å²) in [6.07, 6.45) is 1.90. The van der Waals surface area contributed by atoms with E-state index in [9.17, 15) is 4.39 Å². The van der Waals surface area contributed by atoms with Crippen LogP contribution in [0.15, 0.2) is 22.7 Å². The molecule has 0 atom stereocenters. The predicted octanol–water partition coefficient (Wildman–Crippen LogP) is 3.39. The SMILES string of the molecule is COCCCCOc1ccc(F)cc1Br. The van der Waals surface area contributed by atoms with Crippen LogP contribution in [0.25, 0.3) is 0 Å². The zero-order chi connectivity index (χ0) is 11.1. The van der Waals surface area contributed by atoms with E-state index in [0.29, 0.717) is 16.8 Å². The third kappa shape index (κ3) is 4.62. The molecule has 0 saturated carbocycles. The molecule has 0 fully saturated rings. The summed E-state index contributed by atoms with van der Waals surface area (Å²) in [6, 6.07) is 4.40. The van der Waals surface area contributed by atoms with Gasteiger partial charge in [0.1, 0.15) is 11.6 Å². The molecule has 0 amide bonds. The summed E-state index contributed by atoms with van der Waals surface area (Å²) in [5, 5.41) is 0. The van der Waals surface area contributed by atoms with E-state index in [-0.39, 0.29) is 5.82 Å². The molecule has 1 aromatic carbocycles. The van der Waals surface area contributed by atoms with Gasteiger partial charge in [-0.15, -0.1) is 0 Å². The van der Waals surface area contributed by atoms with Gasteiger partial charge in [-0.05, 0) is 47.0 Å². The third-order valence-electron chi connectivity index (χ3n) is 1.89. The highest BCUT2D eigenvalue weighted by atomic mass is 79.9. The number of rotatable bonds is 6. The largest absolute Gasteiger partial charge is 0.492 e. The van der Waals surface area contributed by atoms with E-state index in [2.05, 4.69) is 15.9 Å². The van der Waals surface area contributed by atoms with Crippen molar-refractivity contribution in [2.45, 2.75) is 12.8 Å². The van der Waals surface area contributed by atoms with Crippen LogP contribution in [0.5, 0.6) is 5.75 Å². The molecule has 0 aliphatic heterocycles. The number of hydrogen-bond acceptors (Lipinski definition) is 2. The third-order valence-corrected chi connectivity index (χ3v) is 2.51. The highest BCUT2D eigenvalue weighted by Crippen LogP contribution is 2.25. The fourth-order valence-electron chi connectivity index (χ4n) is 1.12. The molecular formula is C11H14BrFO2. The minimum atomic E-state index is -0.270. The monoisotopic (exact) mass is 276 g/mol. The van der Waals surface area contributed by atoms with Crippen molar-refractivity contribution < 1.29 is 13.9 Å². The van der Waals surface area contributed by atoms with Gasteiger partial charge in [-0.3, -0.25) is 0 Å². The van der Waals surface area contributed by atoms with Gasteiger partial charge >= 0.3 is 0 Å². The molecule has 0 aromatic heterocycles. The second-order valence-electron chi connectivity index (χ2n) is 3.12. The van der Waals surface area contributed by atoms with Crippen LogP contribution < -0.4 is 4.74 Å². The number of unbranched alkanes of at least 4 members (excludes halogenated alkanes) is 1. The molecule has 1 rings (SSSR count). The Labute approximate surface area is 97.5 Å². The van der Waals surface area contributed by atoms with Crippen LogP contribution in [-0.4, -0.2) is 20.3 Å². The van der Waals surface area contributed by atoms with E-state index in [1.54, 1.807) is 13.2 Å². The van der Waals surface area contributed by atoms with Crippen LogP contribution in [0.1, 0.15) is 12.8 Å². The van der Waals surface area contributed by atoms with Crippen LogP contribution in [0.3, 0.4) is 0 Å². The molecule has 15 heavy (non-hydrogen) atoms. The number of benzene rings is 1. The van der Waals surface area contributed by atoms with E-state index in [4.69, 9.17) is 9.47 Å². The van der Waals surface area contributed by atoms with Crippen molar-refractivity contribution in [1.29, 1.82) is 0 Å². The van der Waals surface area contributed by atoms with Crippen molar-refractivity contribution in [3.05, 3.63) is 28.5 Å². The summed E-state index contributed by atoms with van der Waals surface area (Å²) < 4.78 is 23.8. The predicted molar refractivity (Wildman–Crippen MR) is 60.7 cm³/mol. The van der Waals surface area contributed by atoms with Crippen LogP contribution in [-0.2, 0) is 4.74 Å². The first-order valence-corrected chi connectivity index (χ1v) is 5.60. The Kier molecular flexibility index (Phi) is 5.65. The molecule has 4 heteroatoms. The molecule has 84 valence electrons. The molecule has 1 aromatic rings. The van der Waals surface area contributed by atoms with E-state index in [1.807, 2.05) is 0 Å². The van der Waals surface area contributed by atoms with Gasteiger partial charge in [-0.1, -0.05) is 0 Å². The maximum atomic E-state index is 12.7. The summed E-state index contributed by atoms with van der Waals surface area (Å²) in [7, 11) is 1.68. The van der Waals surface area contributed by atoms with Gasteiger partial charge in [0, 0.05) is 13.7 Å². The van der Waals surface area contributed by atoms with Crippen molar-refractivity contribution >= 4 is 15.9 Å². The number of halogens is 2. The normalized spacial score (nSPS) is 10.3. The van der Waals surface area contributed by atoms with Crippen molar-refractivity contribution in [3.63, 3.8) is 0 Å². The van der Waals surface area contributed by atoms with Crippen LogP contribution >= 0.6 is 15.9 Å². The fraction of sp³-hybridized carbons (Fsp3) is 0.455. The highest BCUT2D eigenvalue weighted by Gasteiger charge is 2.01. The summed E-state index contributed by atoms with van der Waals surface area (Å²) in [5.74, 6) is 0.405. The van der Waals surface area contributed by atoms with Crippen molar-refractivity contribution in [2.24, 2.45) is 0 Å². The maximum absolute atomic E-state index is 12.7. The fourth-order valence-corrected chi connectivity index (χ4v) is 1.59. The Bertz CT molecular complexity index is 305. The Hall–Kier alpha value is -0.610. The molecule has 0 aliphatic rings. The Morgan fingerprint density at radius 3 is 2.67 bits per heavy atom. The van der Waals surface area contributed by atoms with Gasteiger partial charge in [0.15, 0.2) is 0 Å². The molecule has 0 aliphatic carbocycles. The molecule has 0 unspecified atom stereocenters. The lowest BCUT2D eigenvalue weighted by Crippen LogP contribution is -2.00. The van der Waals surface area contributed by atoms with Gasteiger partial charge in [-0.25, -0.2) is 4.39 Å². The summed E-state index contributed by atoms with van der Waals surface area (Å²) in [4.78, 5) is 0. The van der Waals surface area contributed by atoms with Crippen LogP contribution in [0, 0.1) is 5.82 Å². The van der Waals surface area contributed by atoms with E-state index in [0.717, 1.165) is 19.4 Å². The summed E-state index contributed by atoms with van der Waals surface area (Å²) in [6.45, 7) is 1.36. The molecule has 0 saturated heterocycles. The molecule has 2 nitrogen and oxygen atoms in total. The minimum absolute atomic E-state index is 0.270. The standard InChI is InChI=1S/C11H14BrFO2/c1-14-6-2-3-7-15-11-5-4-9(13)8-10(11)12/h4-5,8H,2-3,6-7H2,1H3. The molecule has 0 N–H and O–H groups in total. The number of ether oxygens (including phenoxy) is 2. The lowest BCUT2D eigenvalue weighted by atomic mass is 10.3. The average Bonchev–Trinajstić information content (AvgIpc) is 2.20. The lowest BCUT2D eigenvalue weighted by Gasteiger charge is -2.07. The molecular weight excluding hydrogens is 263 g/mol. The second-order valence-corrected chi connectivity index (χ2v) is 3.98. The second kappa shape index (κ2) is 6.80. The zero-order valence-corrected chi connectivity index (χ0v) is 10.2. The van der Waals surface area contributed by atoms with E-state index >= 15 is 0 Å². The average molecular weight is 277 g/mol. The first kappa shape index (κ1) is 12.5. The summed E-state index contributed by atoms with van der Waals surface area (Å²) in [5.41, 5.74) is 0. The molecule has 0 spiro atoms. The lowest BCUT2D eigenvalue weighted by molar-refractivity contribution is 0.184. The van der Waals surface area contributed by atoms with Gasteiger partial charge in [0.25, 0.3) is 0 Å². The first-order chi connectivity index (χ1) is 7.24. The van der Waals surface area contributed by atoms with Crippen molar-refractivity contribution in [2.75, 3.05) is 20.3 Å². The van der Waals surface area contributed by atoms with E-state index in [1.165, 1.54) is 12.1 Å². The first-order valence-electron chi connectivity index (χ1n) is 4.81. The van der Waals surface area contributed by atoms with Gasteiger partial charge < -0.3 is 9.47 Å². The van der Waals surface area contributed by atoms with Crippen LogP contribution in [0.4, 0.5) is 4.39 Å². The minimum Gasteiger partial charge on any atom is -0.492 e. The Morgan fingerprint density at radius 2 is 2.00 bits per heavy atom. The van der Waals surface area contributed by atoms with Crippen LogP contribution in [0.2, 0.25) is 0 Å². The Morgan fingerprint density at radius 1 is 1.27 bits per heavy atom. The molecule has 0 radical (unpaired) electrons. The van der Waals surface area contributed by atoms with E-state index < -0.39 is 0 Å².